The molecule has 1 unspecified atom stereocenters. The summed E-state index contributed by atoms with van der Waals surface area (Å²) >= 11 is 0. The quantitative estimate of drug-likeness (QED) is 0.0721. The second-order valence-electron chi connectivity index (χ2n) is 16.7. The molecule has 0 radical (unpaired) electrons. The van der Waals surface area contributed by atoms with E-state index < -0.39 is 82.4 Å². The lowest BCUT2D eigenvalue weighted by molar-refractivity contribution is -0.143. The lowest BCUT2D eigenvalue weighted by Crippen LogP contribution is -2.61. The van der Waals surface area contributed by atoms with Gasteiger partial charge in [-0.25, -0.2) is 14.0 Å². The number of amides is 4. The van der Waals surface area contributed by atoms with E-state index in [2.05, 4.69) is 21.3 Å². The Morgan fingerprint density at radius 2 is 1.53 bits per heavy atom. The van der Waals surface area contributed by atoms with Gasteiger partial charge in [-0.3, -0.25) is 19.2 Å². The fourth-order valence-corrected chi connectivity index (χ4v) is 6.98. The summed E-state index contributed by atoms with van der Waals surface area (Å²) in [6, 6.07) is -0.600. The first kappa shape index (κ1) is 48.3. The third-order valence-corrected chi connectivity index (χ3v) is 10.4. The third-order valence-electron chi connectivity index (χ3n) is 10.4. The first-order valence-electron chi connectivity index (χ1n) is 19.3. The van der Waals surface area contributed by atoms with Gasteiger partial charge in [-0.15, -0.1) is 0 Å². The highest BCUT2D eigenvalue weighted by molar-refractivity contribution is 5.96. The number of fused-ring (bicyclic) bond motifs is 1. The van der Waals surface area contributed by atoms with Crippen LogP contribution in [0.25, 0.3) is 10.9 Å². The number of carboxylic acid groups (broad SMARTS) is 2. The van der Waals surface area contributed by atoms with Crippen molar-refractivity contribution in [3.63, 3.8) is 0 Å². The van der Waals surface area contributed by atoms with E-state index in [-0.39, 0.29) is 30.8 Å². The minimum absolute atomic E-state index is 0.120. The summed E-state index contributed by atoms with van der Waals surface area (Å²) in [6.45, 7) is 14.8. The summed E-state index contributed by atoms with van der Waals surface area (Å²) in [7, 11) is 5.07. The average molecular weight is 802 g/mol. The number of unbranched alkanes of at least 4 members (excludes halogenated alkanes) is 1. The second-order valence-corrected chi connectivity index (χ2v) is 16.7. The zero-order valence-electron chi connectivity index (χ0n) is 35.3. The molecule has 15 nitrogen and oxygen atoms in total. The standard InChI is InChI=1S/C41H64FN7O8/c1-23(2)31(20-24(3)35(51)46-29(39(56)57)16-18-32(50)45-28(38(54)55)14-12-13-19-43)49(11)37(53)34(40(4,5)6)47-36(52)33(44-9)41(7,8)27-22-48(10)30-17-15-25(42)21-26(27)30/h15,17,20-23,28-29,31,33-34,44H,12-14,16,18-19,43H2,1-11H3,(H,45,50)(H,46,51)(H,47,52)(H,54,55)(H,56,57)/b24-20+/t28-,29+,31+,33+,34?/m0/s1. The maximum absolute atomic E-state index is 14.4. The summed E-state index contributed by atoms with van der Waals surface area (Å²) in [5, 5.41) is 30.8. The molecule has 1 heterocycles. The maximum Gasteiger partial charge on any atom is 0.326 e. The number of benzene rings is 1. The van der Waals surface area contributed by atoms with Crippen LogP contribution in [0.4, 0.5) is 4.39 Å². The molecule has 0 aliphatic heterocycles. The van der Waals surface area contributed by atoms with Crippen molar-refractivity contribution >= 4 is 46.5 Å². The van der Waals surface area contributed by atoms with Gasteiger partial charge in [-0.05, 0) is 81.3 Å². The van der Waals surface area contributed by atoms with Gasteiger partial charge in [0.25, 0.3) is 0 Å². The number of hydrogen-bond acceptors (Lipinski definition) is 8. The zero-order valence-corrected chi connectivity index (χ0v) is 35.3. The summed E-state index contributed by atoms with van der Waals surface area (Å²) in [5.74, 6) is -5.48. The summed E-state index contributed by atoms with van der Waals surface area (Å²) in [4.78, 5) is 79.4. The van der Waals surface area contributed by atoms with Gasteiger partial charge in [0.2, 0.25) is 23.6 Å². The van der Waals surface area contributed by atoms with Gasteiger partial charge in [0.15, 0.2) is 0 Å². The number of carbonyl (C=O) groups is 6. The maximum atomic E-state index is 14.4. The molecule has 1 aromatic carbocycles. The molecule has 8 N–H and O–H groups in total. The molecule has 0 bridgehead atoms. The molecular weight excluding hydrogens is 737 g/mol. The normalized spacial score (nSPS) is 15.0. The van der Waals surface area contributed by atoms with Crippen molar-refractivity contribution in [3.05, 3.63) is 47.4 Å². The predicted molar refractivity (Wildman–Crippen MR) is 217 cm³/mol. The number of rotatable bonds is 21. The van der Waals surface area contributed by atoms with E-state index in [0.29, 0.717) is 24.8 Å². The molecule has 0 aliphatic rings. The van der Waals surface area contributed by atoms with E-state index in [0.717, 1.165) is 11.1 Å². The first-order chi connectivity index (χ1) is 26.4. The van der Waals surface area contributed by atoms with Crippen LogP contribution in [0, 0.1) is 17.2 Å². The van der Waals surface area contributed by atoms with Crippen LogP contribution < -0.4 is 27.0 Å². The smallest absolute Gasteiger partial charge is 0.326 e. The fourth-order valence-electron chi connectivity index (χ4n) is 6.98. The second kappa shape index (κ2) is 20.5. The molecule has 0 spiro atoms. The number of hydrogen-bond donors (Lipinski definition) is 7. The molecular formula is C41H64FN7O8. The minimum atomic E-state index is -1.46. The van der Waals surface area contributed by atoms with E-state index in [4.69, 9.17) is 5.73 Å². The molecule has 0 fully saturated rings. The van der Waals surface area contributed by atoms with Crippen molar-refractivity contribution in [3.8, 4) is 0 Å². The predicted octanol–water partition coefficient (Wildman–Crippen LogP) is 3.19. The van der Waals surface area contributed by atoms with E-state index in [1.807, 2.05) is 66.3 Å². The highest BCUT2D eigenvalue weighted by Crippen LogP contribution is 2.35. The number of carbonyl (C=O) groups excluding carboxylic acids is 4. The molecule has 16 heteroatoms. The van der Waals surface area contributed by atoms with Crippen LogP contribution in [0.3, 0.4) is 0 Å². The fraction of sp³-hybridized carbons (Fsp3) is 0.610. The van der Waals surface area contributed by atoms with Crippen LogP contribution in [0.1, 0.15) is 93.1 Å². The Bertz CT molecular complexity index is 1800. The van der Waals surface area contributed by atoms with E-state index in [9.17, 15) is 43.4 Å². The molecule has 4 amide bonds. The monoisotopic (exact) mass is 801 g/mol. The summed E-state index contributed by atoms with van der Waals surface area (Å²) in [6.07, 6.45) is 4.03. The van der Waals surface area contributed by atoms with Gasteiger partial charge < -0.3 is 46.7 Å². The van der Waals surface area contributed by atoms with Crippen LogP contribution in [0.15, 0.2) is 36.0 Å². The SMILES string of the molecule is CN[C@H](C(=O)NC(C(=O)N(C)[C@H](/C=C(\C)C(=O)N[C@H](CCC(=O)N[C@@H](CCCCN)C(=O)O)C(=O)O)C(C)C)C(C)(C)C)C(C)(C)c1cn(C)c2ccc(F)cc12. The lowest BCUT2D eigenvalue weighted by Gasteiger charge is -2.39. The molecule has 2 rings (SSSR count). The molecule has 318 valence electrons. The molecule has 0 saturated heterocycles. The molecule has 57 heavy (non-hydrogen) atoms. The number of aliphatic carboxylic acids is 2. The average Bonchev–Trinajstić information content (AvgIpc) is 3.45. The van der Waals surface area contributed by atoms with Gasteiger partial charge in [0.1, 0.15) is 23.9 Å². The van der Waals surface area contributed by atoms with Crippen molar-refractivity contribution in [2.75, 3.05) is 20.6 Å². The van der Waals surface area contributed by atoms with Crippen LogP contribution >= 0.6 is 0 Å². The number of nitrogens with two attached hydrogens (primary N) is 1. The Morgan fingerprint density at radius 1 is 0.930 bits per heavy atom. The van der Waals surface area contributed by atoms with E-state index in [1.54, 1.807) is 26.2 Å². The van der Waals surface area contributed by atoms with Crippen LogP contribution in [-0.2, 0) is 41.2 Å². The van der Waals surface area contributed by atoms with Crippen molar-refractivity contribution in [2.45, 2.75) is 123 Å². The molecule has 0 aliphatic carbocycles. The van der Waals surface area contributed by atoms with E-state index >= 15 is 0 Å². The highest BCUT2D eigenvalue weighted by atomic mass is 19.1. The largest absolute Gasteiger partial charge is 0.480 e. The number of nitrogens with zero attached hydrogens (tertiary/aromatic N) is 2. The van der Waals surface area contributed by atoms with Gasteiger partial charge in [-0.1, -0.05) is 54.5 Å². The summed E-state index contributed by atoms with van der Waals surface area (Å²) < 4.78 is 16.3. The van der Waals surface area contributed by atoms with Gasteiger partial charge in [0.05, 0.1) is 12.1 Å². The van der Waals surface area contributed by atoms with E-state index in [1.165, 1.54) is 24.0 Å². The van der Waals surface area contributed by atoms with Crippen LogP contribution in [-0.4, -0.2) is 106 Å². The molecule has 2 aromatic rings. The van der Waals surface area contributed by atoms with Crippen molar-refractivity contribution in [1.29, 1.82) is 0 Å². The third kappa shape index (κ3) is 12.8. The van der Waals surface area contributed by atoms with Crippen molar-refractivity contribution in [1.82, 2.24) is 30.7 Å². The number of aryl methyl sites for hydroxylation is 1. The summed E-state index contributed by atoms with van der Waals surface area (Å²) in [5.41, 5.74) is 5.51. The number of nitrogens with one attached hydrogen (secondary N) is 4. The Hall–Kier alpha value is -4.83. The number of aromatic nitrogens is 1. The highest BCUT2D eigenvalue weighted by Gasteiger charge is 2.42. The first-order valence-corrected chi connectivity index (χ1v) is 19.3. The van der Waals surface area contributed by atoms with Crippen molar-refractivity contribution < 1.29 is 43.4 Å². The lowest BCUT2D eigenvalue weighted by atomic mass is 9.76. The van der Waals surface area contributed by atoms with Gasteiger partial charge in [-0.2, -0.15) is 0 Å². The Morgan fingerprint density at radius 3 is 2.05 bits per heavy atom. The zero-order chi connectivity index (χ0) is 43.6. The molecule has 1 aromatic heterocycles. The van der Waals surface area contributed by atoms with Crippen LogP contribution in [0.5, 0.6) is 0 Å². The minimum Gasteiger partial charge on any atom is -0.480 e. The molecule has 0 saturated carbocycles. The Labute approximate surface area is 335 Å². The number of halogens is 1. The van der Waals surface area contributed by atoms with Gasteiger partial charge in [0, 0.05) is 48.6 Å². The topological polar surface area (TPSA) is 225 Å². The van der Waals surface area contributed by atoms with Crippen molar-refractivity contribution in [2.24, 2.45) is 24.1 Å². The Kier molecular flexibility index (Phi) is 17.4. The molecule has 5 atom stereocenters. The Balaban J connectivity index is 2.28. The number of likely N-dealkylation sites (N-methyl/N-ethyl adjacent to an activating group) is 2. The van der Waals surface area contributed by atoms with Gasteiger partial charge >= 0.3 is 11.9 Å². The van der Waals surface area contributed by atoms with Crippen LogP contribution in [0.2, 0.25) is 0 Å². The number of carboxylic acids is 2.